The Morgan fingerprint density at radius 3 is 2.24 bits per heavy atom. The van der Waals surface area contributed by atoms with Crippen molar-refractivity contribution in [1.29, 1.82) is 0 Å². The van der Waals surface area contributed by atoms with Crippen LogP contribution in [0.15, 0.2) is 4.47 Å². The molecule has 4 nitrogen and oxygen atoms in total. The molecule has 2 heterocycles. The van der Waals surface area contributed by atoms with E-state index in [9.17, 15) is 18.0 Å². The van der Waals surface area contributed by atoms with Crippen LogP contribution in [-0.4, -0.2) is 32.7 Å². The molecular weight excluding hydrogens is 351 g/mol. The van der Waals surface area contributed by atoms with Gasteiger partial charge in [0.1, 0.15) is 5.69 Å². The summed E-state index contributed by atoms with van der Waals surface area (Å²) < 4.78 is 39.3. The number of alkyl halides is 3. The highest BCUT2D eigenvalue weighted by molar-refractivity contribution is 9.10. The molecule has 1 saturated heterocycles. The van der Waals surface area contributed by atoms with Crippen LogP contribution in [0, 0.1) is 0 Å². The van der Waals surface area contributed by atoms with Gasteiger partial charge >= 0.3 is 6.18 Å². The van der Waals surface area contributed by atoms with Crippen molar-refractivity contribution in [3.05, 3.63) is 15.9 Å². The van der Waals surface area contributed by atoms with E-state index >= 15 is 0 Å². The summed E-state index contributed by atoms with van der Waals surface area (Å²) in [6.45, 7) is 3.84. The summed E-state index contributed by atoms with van der Waals surface area (Å²) in [5.41, 5.74) is -1.12. The molecule has 1 aromatic rings. The molecule has 8 heteroatoms. The number of carbonyl (C=O) groups is 1. The van der Waals surface area contributed by atoms with Gasteiger partial charge in [0.25, 0.3) is 5.91 Å². The fourth-order valence-electron chi connectivity index (χ4n) is 2.86. The lowest BCUT2D eigenvalue weighted by Gasteiger charge is -2.39. The molecule has 0 spiro atoms. The molecule has 0 aromatic carbocycles. The Kier molecular flexibility index (Phi) is 4.37. The standard InChI is InChI=1S/C13H17BrF3N3O/c1-7-5-4-6-8(2)20(7)12(21)10-9(14)11(13(15,16)17)18-19(10)3/h7-8H,4-6H2,1-3H3. The van der Waals surface area contributed by atoms with Gasteiger partial charge in [0.15, 0.2) is 5.69 Å². The number of likely N-dealkylation sites (tertiary alicyclic amines) is 1. The number of aryl methyl sites for hydroxylation is 1. The van der Waals surface area contributed by atoms with Gasteiger partial charge in [0.2, 0.25) is 0 Å². The molecule has 1 aliphatic heterocycles. The molecule has 1 aliphatic rings. The van der Waals surface area contributed by atoms with Crippen molar-refractivity contribution in [2.75, 3.05) is 0 Å². The van der Waals surface area contributed by atoms with Gasteiger partial charge in [-0.05, 0) is 49.0 Å². The number of rotatable bonds is 1. The molecular formula is C13H17BrF3N3O. The van der Waals surface area contributed by atoms with Gasteiger partial charge in [-0.3, -0.25) is 9.48 Å². The zero-order valence-electron chi connectivity index (χ0n) is 12.0. The first kappa shape index (κ1) is 16.3. The van der Waals surface area contributed by atoms with E-state index in [4.69, 9.17) is 0 Å². The molecule has 118 valence electrons. The average Bonchev–Trinajstić information content (AvgIpc) is 2.64. The number of piperidine rings is 1. The monoisotopic (exact) mass is 367 g/mol. The highest BCUT2D eigenvalue weighted by atomic mass is 79.9. The van der Waals surface area contributed by atoms with Crippen molar-refractivity contribution in [2.24, 2.45) is 7.05 Å². The third-order valence-corrected chi connectivity index (χ3v) is 4.64. The predicted octanol–water partition coefficient (Wildman–Crippen LogP) is 3.60. The van der Waals surface area contributed by atoms with Crippen LogP contribution in [0.25, 0.3) is 0 Å². The Morgan fingerprint density at radius 1 is 1.29 bits per heavy atom. The molecule has 2 unspecified atom stereocenters. The topological polar surface area (TPSA) is 38.1 Å². The molecule has 1 amide bonds. The molecule has 0 saturated carbocycles. The van der Waals surface area contributed by atoms with Gasteiger partial charge in [-0.1, -0.05) is 0 Å². The van der Waals surface area contributed by atoms with Gasteiger partial charge in [-0.15, -0.1) is 0 Å². The largest absolute Gasteiger partial charge is 0.436 e. The van der Waals surface area contributed by atoms with E-state index in [1.807, 2.05) is 13.8 Å². The summed E-state index contributed by atoms with van der Waals surface area (Å²) in [4.78, 5) is 14.3. The normalized spacial score (nSPS) is 23.5. The molecule has 21 heavy (non-hydrogen) atoms. The lowest BCUT2D eigenvalue weighted by Crippen LogP contribution is -2.48. The van der Waals surface area contributed by atoms with Crippen molar-refractivity contribution in [3.63, 3.8) is 0 Å². The highest BCUT2D eigenvalue weighted by Gasteiger charge is 2.41. The Balaban J connectivity index is 2.42. The predicted molar refractivity (Wildman–Crippen MR) is 74.9 cm³/mol. The van der Waals surface area contributed by atoms with Gasteiger partial charge in [0, 0.05) is 19.1 Å². The molecule has 2 atom stereocenters. The maximum absolute atomic E-state index is 12.9. The van der Waals surface area contributed by atoms with Crippen molar-refractivity contribution in [2.45, 2.75) is 51.4 Å². The fourth-order valence-corrected chi connectivity index (χ4v) is 3.59. The van der Waals surface area contributed by atoms with Crippen molar-refractivity contribution < 1.29 is 18.0 Å². The number of carbonyl (C=O) groups excluding carboxylic acids is 1. The van der Waals surface area contributed by atoms with E-state index in [2.05, 4.69) is 21.0 Å². The summed E-state index contributed by atoms with van der Waals surface area (Å²) in [6, 6.07) is 0.0229. The maximum Gasteiger partial charge on any atom is 0.436 e. The van der Waals surface area contributed by atoms with E-state index in [-0.39, 0.29) is 22.3 Å². The van der Waals surface area contributed by atoms with Gasteiger partial charge in [-0.2, -0.15) is 18.3 Å². The first-order valence-corrected chi connectivity index (χ1v) is 7.56. The molecule has 0 aliphatic carbocycles. The van der Waals surface area contributed by atoms with Gasteiger partial charge in [-0.25, -0.2) is 0 Å². The van der Waals surface area contributed by atoms with Crippen LogP contribution in [0.5, 0.6) is 0 Å². The van der Waals surface area contributed by atoms with Gasteiger partial charge < -0.3 is 4.90 Å². The Hall–Kier alpha value is -1.05. The summed E-state index contributed by atoms with van der Waals surface area (Å²) >= 11 is 2.89. The maximum atomic E-state index is 12.9. The van der Waals surface area contributed by atoms with Crippen LogP contribution in [0.1, 0.15) is 49.3 Å². The number of nitrogens with zero attached hydrogens (tertiary/aromatic N) is 3. The molecule has 2 rings (SSSR count). The van der Waals surface area contributed by atoms with Crippen molar-refractivity contribution in [1.82, 2.24) is 14.7 Å². The number of aromatic nitrogens is 2. The minimum absolute atomic E-state index is 0.0115. The minimum Gasteiger partial charge on any atom is -0.332 e. The number of hydrogen-bond acceptors (Lipinski definition) is 2. The number of halogens is 4. The number of hydrogen-bond donors (Lipinski definition) is 0. The summed E-state index contributed by atoms with van der Waals surface area (Å²) in [6.07, 6.45) is -1.85. The van der Waals surface area contributed by atoms with Crippen molar-refractivity contribution >= 4 is 21.8 Å². The van der Waals surface area contributed by atoms with Crippen molar-refractivity contribution in [3.8, 4) is 0 Å². The van der Waals surface area contributed by atoms with Crippen LogP contribution in [0.4, 0.5) is 13.2 Å². The van der Waals surface area contributed by atoms with Crippen LogP contribution < -0.4 is 0 Å². The highest BCUT2D eigenvalue weighted by Crippen LogP contribution is 2.36. The van der Waals surface area contributed by atoms with Crippen LogP contribution in [0.3, 0.4) is 0 Å². The average molecular weight is 368 g/mol. The number of amides is 1. The third-order valence-electron chi connectivity index (χ3n) is 3.89. The second kappa shape index (κ2) is 5.62. The lowest BCUT2D eigenvalue weighted by atomic mass is 9.97. The summed E-state index contributed by atoms with van der Waals surface area (Å²) in [7, 11) is 1.35. The molecule has 0 N–H and O–H groups in total. The summed E-state index contributed by atoms with van der Waals surface area (Å²) in [5, 5.41) is 3.44. The fraction of sp³-hybridized carbons (Fsp3) is 0.692. The van der Waals surface area contributed by atoms with E-state index in [0.717, 1.165) is 23.9 Å². The van der Waals surface area contributed by atoms with Gasteiger partial charge in [0.05, 0.1) is 4.47 Å². The first-order valence-electron chi connectivity index (χ1n) is 6.77. The molecule has 1 fully saturated rings. The zero-order chi connectivity index (χ0) is 15.9. The van der Waals surface area contributed by atoms with E-state index in [1.165, 1.54) is 7.05 Å². The minimum atomic E-state index is -4.59. The van der Waals surface area contributed by atoms with Crippen LogP contribution in [0.2, 0.25) is 0 Å². The molecule has 0 radical (unpaired) electrons. The Bertz CT molecular complexity index is 546. The second-order valence-corrected chi connectivity index (χ2v) is 6.27. The Morgan fingerprint density at radius 2 is 1.81 bits per heavy atom. The SMILES string of the molecule is CC1CCCC(C)N1C(=O)c1c(Br)c(C(F)(F)F)nn1C. The second-order valence-electron chi connectivity index (χ2n) is 5.47. The smallest absolute Gasteiger partial charge is 0.332 e. The quantitative estimate of drug-likeness (QED) is 0.760. The Labute approximate surface area is 129 Å². The first-order chi connectivity index (χ1) is 9.64. The summed E-state index contributed by atoms with van der Waals surface area (Å²) in [5.74, 6) is -0.410. The van der Waals surface area contributed by atoms with E-state index in [1.54, 1.807) is 4.90 Å². The third kappa shape index (κ3) is 2.95. The molecule has 0 bridgehead atoms. The lowest BCUT2D eigenvalue weighted by molar-refractivity contribution is -0.142. The van der Waals surface area contributed by atoms with E-state index in [0.29, 0.717) is 0 Å². The zero-order valence-corrected chi connectivity index (χ0v) is 13.6. The van der Waals surface area contributed by atoms with Crippen LogP contribution in [-0.2, 0) is 13.2 Å². The van der Waals surface area contributed by atoms with Crippen LogP contribution >= 0.6 is 15.9 Å². The van der Waals surface area contributed by atoms with E-state index < -0.39 is 17.8 Å². The molecule has 1 aromatic heterocycles.